The van der Waals surface area contributed by atoms with E-state index in [1.807, 2.05) is 31.3 Å². The summed E-state index contributed by atoms with van der Waals surface area (Å²) in [4.78, 5) is 20.4. The smallest absolute Gasteiger partial charge is 0.260 e. The molecule has 0 radical (unpaired) electrons. The zero-order valence-electron chi connectivity index (χ0n) is 22.4. The Hall–Kier alpha value is -3.95. The molecule has 9 heteroatoms. The van der Waals surface area contributed by atoms with Gasteiger partial charge in [0.1, 0.15) is 18.0 Å². The maximum atomic E-state index is 14.4. The molecular formula is C31H31FN6O2. The first-order valence-electron chi connectivity index (χ1n) is 13.8. The van der Waals surface area contributed by atoms with Crippen molar-refractivity contribution in [1.29, 1.82) is 0 Å². The minimum Gasteiger partial charge on any atom is -0.375 e. The highest BCUT2D eigenvalue weighted by molar-refractivity contribution is 6.10. The van der Waals surface area contributed by atoms with Gasteiger partial charge in [-0.25, -0.2) is 9.37 Å². The second-order valence-corrected chi connectivity index (χ2v) is 11.5. The summed E-state index contributed by atoms with van der Waals surface area (Å²) in [7, 11) is 1.83. The third kappa shape index (κ3) is 4.59. The van der Waals surface area contributed by atoms with E-state index in [9.17, 15) is 9.18 Å². The Labute approximate surface area is 232 Å². The predicted molar refractivity (Wildman–Crippen MR) is 149 cm³/mol. The quantitative estimate of drug-likeness (QED) is 0.334. The van der Waals surface area contributed by atoms with E-state index in [-0.39, 0.29) is 17.3 Å². The number of halogens is 1. The Balaban J connectivity index is 1.20. The fourth-order valence-corrected chi connectivity index (χ4v) is 5.67. The predicted octanol–water partition coefficient (Wildman–Crippen LogP) is 5.12. The van der Waals surface area contributed by atoms with Crippen molar-refractivity contribution in [1.82, 2.24) is 19.7 Å². The molecule has 204 valence electrons. The number of hydrogen-bond acceptors (Lipinski definition) is 6. The van der Waals surface area contributed by atoms with Gasteiger partial charge in [-0.1, -0.05) is 18.2 Å². The summed E-state index contributed by atoms with van der Waals surface area (Å²) >= 11 is 0. The van der Waals surface area contributed by atoms with Crippen LogP contribution in [0.15, 0.2) is 54.9 Å². The third-order valence-electron chi connectivity index (χ3n) is 8.33. The summed E-state index contributed by atoms with van der Waals surface area (Å²) < 4.78 is 22.1. The van der Waals surface area contributed by atoms with Crippen LogP contribution in [0.4, 0.5) is 10.2 Å². The molecule has 0 spiro atoms. The summed E-state index contributed by atoms with van der Waals surface area (Å²) in [5.74, 6) is 1.10. The Bertz CT molecular complexity index is 1620. The zero-order valence-corrected chi connectivity index (χ0v) is 22.4. The van der Waals surface area contributed by atoms with Crippen LogP contribution >= 0.6 is 0 Å². The molecule has 40 heavy (non-hydrogen) atoms. The van der Waals surface area contributed by atoms with Gasteiger partial charge in [0.15, 0.2) is 5.82 Å². The topological polar surface area (TPSA) is 99.2 Å². The van der Waals surface area contributed by atoms with Crippen LogP contribution in [-0.2, 0) is 24.9 Å². The maximum Gasteiger partial charge on any atom is 0.260 e. The lowest BCUT2D eigenvalue weighted by atomic mass is 9.78. The summed E-state index contributed by atoms with van der Waals surface area (Å²) in [6.45, 7) is 1.40. The lowest BCUT2D eigenvalue weighted by Crippen LogP contribution is -2.50. The average molecular weight is 539 g/mol. The molecule has 3 heterocycles. The fourth-order valence-electron chi connectivity index (χ4n) is 5.67. The number of hydrogen-bond donors (Lipinski definition) is 1. The van der Waals surface area contributed by atoms with E-state index < -0.39 is 0 Å². The minimum absolute atomic E-state index is 0.0786. The van der Waals surface area contributed by atoms with Crippen molar-refractivity contribution in [2.24, 2.45) is 12.8 Å². The average Bonchev–Trinajstić information content (AvgIpc) is 3.62. The lowest BCUT2D eigenvalue weighted by molar-refractivity contribution is 0.0404. The molecule has 0 saturated heterocycles. The molecule has 2 fully saturated rings. The van der Waals surface area contributed by atoms with Gasteiger partial charge in [0.25, 0.3) is 5.91 Å². The molecule has 2 N–H and O–H groups in total. The van der Waals surface area contributed by atoms with Crippen molar-refractivity contribution in [2.45, 2.75) is 56.7 Å². The van der Waals surface area contributed by atoms with Crippen LogP contribution in [0.1, 0.15) is 65.2 Å². The maximum absolute atomic E-state index is 14.4. The van der Waals surface area contributed by atoms with Crippen LogP contribution < -0.4 is 10.6 Å². The number of carbonyl (C=O) groups is 1. The van der Waals surface area contributed by atoms with E-state index in [0.717, 1.165) is 60.1 Å². The van der Waals surface area contributed by atoms with Gasteiger partial charge in [0.05, 0.1) is 19.8 Å². The van der Waals surface area contributed by atoms with Crippen LogP contribution in [0.3, 0.4) is 0 Å². The van der Waals surface area contributed by atoms with Crippen molar-refractivity contribution in [3.63, 3.8) is 0 Å². The Morgan fingerprint density at radius 2 is 1.93 bits per heavy atom. The number of pyridine rings is 1. The number of nitrogens with zero attached hydrogens (tertiary/aromatic N) is 5. The van der Waals surface area contributed by atoms with Crippen LogP contribution in [-0.4, -0.2) is 37.8 Å². The number of amides is 1. The number of fused-ring (bicyclic) bond motifs is 1. The number of ether oxygens (including phenoxy) is 1. The number of carbonyl (C=O) groups excluding carboxylic acids is 1. The molecule has 0 unspecified atom stereocenters. The van der Waals surface area contributed by atoms with Crippen molar-refractivity contribution in [2.75, 3.05) is 11.5 Å². The Morgan fingerprint density at radius 3 is 2.65 bits per heavy atom. The van der Waals surface area contributed by atoms with Gasteiger partial charge >= 0.3 is 0 Å². The molecule has 2 aromatic carbocycles. The van der Waals surface area contributed by atoms with Gasteiger partial charge < -0.3 is 15.0 Å². The fraction of sp³-hybridized carbons (Fsp3) is 0.355. The SMILES string of the molecule is Cn1cnnc1-c1cc(F)ccc1-c1cc(C2CC2)nc(N2Cc3ccc(COCC4(N)CCC4)cc3C2=O)c1. The highest BCUT2D eigenvalue weighted by Gasteiger charge is 2.34. The van der Waals surface area contributed by atoms with E-state index in [2.05, 4.69) is 16.3 Å². The van der Waals surface area contributed by atoms with Gasteiger partial charge in [0, 0.05) is 35.3 Å². The molecule has 7 rings (SSSR count). The van der Waals surface area contributed by atoms with Crippen molar-refractivity contribution >= 4 is 11.7 Å². The summed E-state index contributed by atoms with van der Waals surface area (Å²) in [6.07, 6.45) is 6.88. The highest BCUT2D eigenvalue weighted by atomic mass is 19.1. The van der Waals surface area contributed by atoms with E-state index >= 15 is 0 Å². The van der Waals surface area contributed by atoms with Gasteiger partial charge in [-0.2, -0.15) is 0 Å². The lowest BCUT2D eigenvalue weighted by Gasteiger charge is -2.37. The summed E-state index contributed by atoms with van der Waals surface area (Å²) in [5, 5.41) is 8.21. The molecular weight excluding hydrogens is 507 g/mol. The van der Waals surface area contributed by atoms with Crippen molar-refractivity contribution in [3.05, 3.63) is 83.1 Å². The molecule has 4 aromatic rings. The molecule has 0 bridgehead atoms. The molecule has 2 aliphatic carbocycles. The zero-order chi connectivity index (χ0) is 27.4. The number of nitrogens with two attached hydrogens (primary N) is 1. The molecule has 8 nitrogen and oxygen atoms in total. The monoisotopic (exact) mass is 538 g/mol. The van der Waals surface area contributed by atoms with E-state index in [4.69, 9.17) is 15.5 Å². The van der Waals surface area contributed by atoms with Gasteiger partial charge in [-0.05, 0) is 84.7 Å². The third-order valence-corrected chi connectivity index (χ3v) is 8.33. The van der Waals surface area contributed by atoms with Crippen LogP contribution in [0.25, 0.3) is 22.5 Å². The molecule has 3 aliphatic rings. The number of aromatic nitrogens is 4. The Morgan fingerprint density at radius 1 is 1.07 bits per heavy atom. The second kappa shape index (κ2) is 9.60. The van der Waals surface area contributed by atoms with Gasteiger partial charge in [0.2, 0.25) is 0 Å². The number of rotatable bonds is 8. The summed E-state index contributed by atoms with van der Waals surface area (Å²) in [6, 6.07) is 14.6. The normalized spacial score (nSPS) is 17.7. The minimum atomic E-state index is -0.349. The number of aryl methyl sites for hydroxylation is 1. The van der Waals surface area contributed by atoms with Crippen LogP contribution in [0, 0.1) is 5.82 Å². The van der Waals surface area contributed by atoms with E-state index in [1.165, 1.54) is 12.1 Å². The van der Waals surface area contributed by atoms with Gasteiger partial charge in [-0.3, -0.25) is 9.69 Å². The molecule has 0 atom stereocenters. The molecule has 2 saturated carbocycles. The Kier molecular flexibility index (Phi) is 6.01. The first-order valence-corrected chi connectivity index (χ1v) is 13.8. The summed E-state index contributed by atoms with van der Waals surface area (Å²) in [5.41, 5.74) is 12.0. The largest absolute Gasteiger partial charge is 0.375 e. The van der Waals surface area contributed by atoms with Crippen LogP contribution in [0.2, 0.25) is 0 Å². The van der Waals surface area contributed by atoms with Gasteiger partial charge in [-0.15, -0.1) is 10.2 Å². The first kappa shape index (κ1) is 25.0. The van der Waals surface area contributed by atoms with Crippen molar-refractivity contribution < 1.29 is 13.9 Å². The van der Waals surface area contributed by atoms with Crippen LogP contribution in [0.5, 0.6) is 0 Å². The standard InChI is InChI=1S/C31H31FN6O2/c1-37-18-34-36-29(37)26-14-23(32)7-8-24(26)22-12-27(20-5-6-20)35-28(13-22)38-15-21-4-3-19(11-25(21)30(38)39)16-40-17-31(33)9-2-10-31/h3-4,7-8,11-14,18,20H,2,5-6,9-10,15-17,33H2,1H3. The highest BCUT2D eigenvalue weighted by Crippen LogP contribution is 2.43. The second-order valence-electron chi connectivity index (χ2n) is 11.5. The van der Waals surface area contributed by atoms with E-state index in [1.54, 1.807) is 21.9 Å². The van der Waals surface area contributed by atoms with Crippen molar-refractivity contribution in [3.8, 4) is 22.5 Å². The number of benzene rings is 2. The molecule has 1 amide bonds. The first-order chi connectivity index (χ1) is 19.4. The molecule has 1 aliphatic heterocycles. The molecule has 2 aromatic heterocycles. The van der Waals surface area contributed by atoms with E-state index in [0.29, 0.717) is 48.4 Å². The number of anilines is 1.